The minimum absolute atomic E-state index is 0.381. The van der Waals surface area contributed by atoms with E-state index < -0.39 is 0 Å². The highest BCUT2D eigenvalue weighted by Gasteiger charge is 2.05. The van der Waals surface area contributed by atoms with Crippen molar-refractivity contribution in [1.29, 1.82) is 5.26 Å². The molecule has 16 heavy (non-hydrogen) atoms. The molecule has 0 amide bonds. The summed E-state index contributed by atoms with van der Waals surface area (Å²) in [4.78, 5) is 7.66. The maximum absolute atomic E-state index is 8.74. The first-order chi connectivity index (χ1) is 7.79. The lowest BCUT2D eigenvalue weighted by molar-refractivity contribution is 0.461. The van der Waals surface area contributed by atoms with Crippen LogP contribution in [0.25, 0.3) is 0 Å². The zero-order valence-corrected chi connectivity index (χ0v) is 8.85. The lowest BCUT2D eigenvalue weighted by Crippen LogP contribution is -1.89. The molecule has 1 aromatic carbocycles. The molecule has 0 radical (unpaired) electrons. The van der Waals surface area contributed by atoms with E-state index in [-0.39, 0.29) is 0 Å². The topological polar surface area (TPSA) is 58.8 Å². The van der Waals surface area contributed by atoms with Crippen LogP contribution in [-0.4, -0.2) is 9.97 Å². The summed E-state index contributed by atoms with van der Waals surface area (Å²) in [6.07, 6.45) is 2.93. The quantitative estimate of drug-likeness (QED) is 0.797. The van der Waals surface area contributed by atoms with Crippen molar-refractivity contribution < 1.29 is 4.74 Å². The Bertz CT molecular complexity index is 537. The monoisotopic (exact) mass is 231 g/mol. The highest BCUT2D eigenvalue weighted by Crippen LogP contribution is 2.28. The molecule has 0 saturated carbocycles. The molecule has 5 heteroatoms. The van der Waals surface area contributed by atoms with Gasteiger partial charge in [-0.3, -0.25) is 0 Å². The number of nitriles is 1. The average Bonchev–Trinajstić information content (AvgIpc) is 2.33. The summed E-state index contributed by atoms with van der Waals surface area (Å²) in [5.41, 5.74) is 0.480. The zero-order valence-electron chi connectivity index (χ0n) is 8.09. The molecule has 0 N–H and O–H groups in total. The van der Waals surface area contributed by atoms with Crippen LogP contribution in [-0.2, 0) is 0 Å². The van der Waals surface area contributed by atoms with Crippen molar-refractivity contribution in [3.05, 3.63) is 47.4 Å². The Labute approximate surface area is 97.1 Å². The van der Waals surface area contributed by atoms with Gasteiger partial charge in [0.25, 0.3) is 0 Å². The molecule has 0 aliphatic heterocycles. The minimum Gasteiger partial charge on any atom is -0.437 e. The molecule has 0 spiro atoms. The molecule has 0 saturated heterocycles. The predicted octanol–water partition coefficient (Wildman–Crippen LogP) is 2.79. The fourth-order valence-corrected chi connectivity index (χ4v) is 1.26. The van der Waals surface area contributed by atoms with E-state index >= 15 is 0 Å². The van der Waals surface area contributed by atoms with Crippen LogP contribution in [0.4, 0.5) is 0 Å². The first-order valence-corrected chi connectivity index (χ1v) is 4.81. The van der Waals surface area contributed by atoms with Gasteiger partial charge in [-0.15, -0.1) is 0 Å². The standard InChI is InChI=1S/C11H6ClN3O/c12-9-2-1-8(6-13)5-10(9)16-11-3-4-14-7-15-11/h1-5,7H. The van der Waals surface area contributed by atoms with Crippen LogP contribution in [0, 0.1) is 11.3 Å². The van der Waals surface area contributed by atoms with Crippen molar-refractivity contribution in [2.75, 3.05) is 0 Å². The molecule has 1 heterocycles. The Kier molecular flexibility index (Phi) is 2.99. The third-order valence-corrected chi connectivity index (χ3v) is 2.14. The minimum atomic E-state index is 0.381. The lowest BCUT2D eigenvalue weighted by atomic mass is 10.2. The van der Waals surface area contributed by atoms with Crippen molar-refractivity contribution in [2.24, 2.45) is 0 Å². The number of hydrogen-bond donors (Lipinski definition) is 0. The molecule has 0 aliphatic rings. The number of hydrogen-bond acceptors (Lipinski definition) is 4. The van der Waals surface area contributed by atoms with Crippen LogP contribution in [0.5, 0.6) is 11.6 Å². The number of ether oxygens (including phenoxy) is 1. The van der Waals surface area contributed by atoms with Crippen molar-refractivity contribution in [1.82, 2.24) is 9.97 Å². The van der Waals surface area contributed by atoms with Crippen LogP contribution in [0.1, 0.15) is 5.56 Å². The maximum atomic E-state index is 8.74. The fourth-order valence-electron chi connectivity index (χ4n) is 1.10. The summed E-state index contributed by atoms with van der Waals surface area (Å²) in [6, 6.07) is 8.40. The van der Waals surface area contributed by atoms with Crippen molar-refractivity contribution in [2.45, 2.75) is 0 Å². The highest BCUT2D eigenvalue weighted by molar-refractivity contribution is 6.32. The second-order valence-electron chi connectivity index (χ2n) is 2.91. The van der Waals surface area contributed by atoms with Gasteiger partial charge in [-0.25, -0.2) is 9.97 Å². The molecule has 78 valence electrons. The molecule has 0 bridgehead atoms. The first-order valence-electron chi connectivity index (χ1n) is 4.43. The summed E-state index contributed by atoms with van der Waals surface area (Å²) >= 11 is 5.93. The number of aromatic nitrogens is 2. The molecule has 4 nitrogen and oxygen atoms in total. The number of rotatable bonds is 2. The first kappa shape index (κ1) is 10.4. The predicted molar refractivity (Wildman–Crippen MR) is 58.3 cm³/mol. The molecule has 2 rings (SSSR count). The van der Waals surface area contributed by atoms with E-state index in [0.717, 1.165) is 0 Å². The largest absolute Gasteiger partial charge is 0.437 e. The van der Waals surface area contributed by atoms with Gasteiger partial charge in [-0.2, -0.15) is 5.26 Å². The molecule has 0 unspecified atom stereocenters. The number of benzene rings is 1. The van der Waals surface area contributed by atoms with Gasteiger partial charge < -0.3 is 4.74 Å². The second-order valence-corrected chi connectivity index (χ2v) is 3.31. The molecule has 0 atom stereocenters. The molecular formula is C11H6ClN3O. The van der Waals surface area contributed by atoms with Crippen LogP contribution in [0.2, 0.25) is 5.02 Å². The number of halogens is 1. The van der Waals surface area contributed by atoms with Crippen LogP contribution in [0.15, 0.2) is 36.8 Å². The summed E-state index contributed by atoms with van der Waals surface area (Å²) in [6.45, 7) is 0. The van der Waals surface area contributed by atoms with Crippen LogP contribution < -0.4 is 4.74 Å². The Morgan fingerprint density at radius 2 is 2.19 bits per heavy atom. The maximum Gasteiger partial charge on any atom is 0.222 e. The van der Waals surface area contributed by atoms with Gasteiger partial charge in [0.15, 0.2) is 0 Å². The normalized spacial score (nSPS) is 9.50. The zero-order chi connectivity index (χ0) is 11.4. The van der Waals surface area contributed by atoms with Gasteiger partial charge >= 0.3 is 0 Å². The van der Waals surface area contributed by atoms with E-state index in [9.17, 15) is 0 Å². The van der Waals surface area contributed by atoms with Crippen molar-refractivity contribution in [3.8, 4) is 17.7 Å². The Balaban J connectivity index is 2.31. The van der Waals surface area contributed by atoms with Crippen molar-refractivity contribution in [3.63, 3.8) is 0 Å². The average molecular weight is 232 g/mol. The van der Waals surface area contributed by atoms with Gasteiger partial charge in [0.1, 0.15) is 12.1 Å². The molecule has 0 fully saturated rings. The Morgan fingerprint density at radius 3 is 2.88 bits per heavy atom. The van der Waals surface area contributed by atoms with E-state index in [0.29, 0.717) is 22.2 Å². The van der Waals surface area contributed by atoms with Crippen LogP contribution >= 0.6 is 11.6 Å². The third-order valence-electron chi connectivity index (χ3n) is 1.83. The fraction of sp³-hybridized carbons (Fsp3) is 0. The summed E-state index contributed by atoms with van der Waals surface area (Å²) in [5, 5.41) is 9.17. The van der Waals surface area contributed by atoms with E-state index in [4.69, 9.17) is 21.6 Å². The van der Waals surface area contributed by atoms with Gasteiger partial charge in [-0.1, -0.05) is 11.6 Å². The molecule has 1 aromatic heterocycles. The lowest BCUT2D eigenvalue weighted by Gasteiger charge is -2.05. The van der Waals surface area contributed by atoms with E-state index in [1.165, 1.54) is 6.33 Å². The Morgan fingerprint density at radius 1 is 1.31 bits per heavy atom. The third kappa shape index (κ3) is 2.27. The smallest absolute Gasteiger partial charge is 0.222 e. The van der Waals surface area contributed by atoms with Crippen LogP contribution in [0.3, 0.4) is 0 Å². The molecule has 0 aliphatic carbocycles. The summed E-state index contributed by atoms with van der Waals surface area (Å²) < 4.78 is 5.42. The Hall–Kier alpha value is -2.12. The van der Waals surface area contributed by atoms with Gasteiger partial charge in [0.05, 0.1) is 16.7 Å². The van der Waals surface area contributed by atoms with Gasteiger partial charge in [0.2, 0.25) is 5.88 Å². The summed E-state index contributed by atoms with van der Waals surface area (Å²) in [7, 11) is 0. The van der Waals surface area contributed by atoms with E-state index in [1.54, 1.807) is 30.5 Å². The van der Waals surface area contributed by atoms with Gasteiger partial charge in [-0.05, 0) is 12.1 Å². The van der Waals surface area contributed by atoms with E-state index in [1.807, 2.05) is 6.07 Å². The second kappa shape index (κ2) is 4.60. The van der Waals surface area contributed by atoms with Gasteiger partial charge in [0, 0.05) is 18.3 Å². The summed E-state index contributed by atoms with van der Waals surface area (Å²) in [5.74, 6) is 0.784. The molecular weight excluding hydrogens is 226 g/mol. The van der Waals surface area contributed by atoms with Crippen molar-refractivity contribution >= 4 is 11.6 Å². The number of nitrogens with zero attached hydrogens (tertiary/aromatic N) is 3. The molecule has 2 aromatic rings. The van der Waals surface area contributed by atoms with E-state index in [2.05, 4.69) is 9.97 Å². The highest BCUT2D eigenvalue weighted by atomic mass is 35.5. The SMILES string of the molecule is N#Cc1ccc(Cl)c(Oc2ccncn2)c1.